The first kappa shape index (κ1) is 32.0. The summed E-state index contributed by atoms with van der Waals surface area (Å²) in [7, 11) is -4.27. The molecular weight excluding hydrogens is 398 g/mol. The minimum Gasteiger partial charge on any atom is -0.324 e. The highest BCUT2D eigenvalue weighted by molar-refractivity contribution is 7.80. The maximum Gasteiger partial charge on any atom is 0.397 e. The van der Waals surface area contributed by atoms with Gasteiger partial charge in [0.2, 0.25) is 0 Å². The Morgan fingerprint density at radius 1 is 0.667 bits per heavy atom. The van der Waals surface area contributed by atoms with Gasteiger partial charge in [-0.05, 0) is 38.5 Å². The van der Waals surface area contributed by atoms with Crippen molar-refractivity contribution in [3.63, 3.8) is 0 Å². The number of nitrogens with zero attached hydrogens (tertiary/aromatic N) is 1. The Labute approximate surface area is 189 Å². The predicted molar refractivity (Wildman–Crippen MR) is 130 cm³/mol. The maximum absolute atomic E-state index is 10.4. The SMILES string of the molecule is CCCCCC(CC)OS(=O)(=O)O.CCCC[N+](CCCC)(CCCC)CCCC. The van der Waals surface area contributed by atoms with E-state index in [1.54, 1.807) is 0 Å². The van der Waals surface area contributed by atoms with Crippen LogP contribution >= 0.6 is 0 Å². The third-order valence-corrected chi connectivity index (χ3v) is 6.30. The minimum atomic E-state index is -4.27. The lowest BCUT2D eigenvalue weighted by Gasteiger charge is -2.39. The van der Waals surface area contributed by atoms with Crippen molar-refractivity contribution in [3.05, 3.63) is 0 Å². The Morgan fingerprint density at radius 2 is 1.03 bits per heavy atom. The molecule has 0 saturated heterocycles. The van der Waals surface area contributed by atoms with Gasteiger partial charge in [-0.3, -0.25) is 4.55 Å². The van der Waals surface area contributed by atoms with Gasteiger partial charge in [-0.1, -0.05) is 86.5 Å². The average Bonchev–Trinajstić information content (AvgIpc) is 2.71. The van der Waals surface area contributed by atoms with E-state index < -0.39 is 10.4 Å². The van der Waals surface area contributed by atoms with E-state index in [2.05, 4.69) is 38.8 Å². The molecule has 0 saturated carbocycles. The molecule has 0 aromatic carbocycles. The third-order valence-electron chi connectivity index (χ3n) is 5.79. The van der Waals surface area contributed by atoms with Crippen molar-refractivity contribution in [2.75, 3.05) is 26.2 Å². The van der Waals surface area contributed by atoms with Gasteiger partial charge in [-0.2, -0.15) is 8.42 Å². The molecule has 0 amide bonds. The lowest BCUT2D eigenvalue weighted by atomic mass is 10.1. The molecule has 184 valence electrons. The largest absolute Gasteiger partial charge is 0.397 e. The fourth-order valence-corrected chi connectivity index (χ4v) is 4.34. The molecule has 0 aromatic rings. The summed E-state index contributed by atoms with van der Waals surface area (Å²) in [6.07, 6.45) is 15.1. The third kappa shape index (κ3) is 19.8. The molecule has 0 rings (SSSR count). The van der Waals surface area contributed by atoms with Crippen LogP contribution in [-0.4, -0.2) is 49.7 Å². The van der Waals surface area contributed by atoms with Crippen LogP contribution in [0, 0.1) is 0 Å². The summed E-state index contributed by atoms with van der Waals surface area (Å²) in [5.41, 5.74) is 0. The summed E-state index contributed by atoms with van der Waals surface area (Å²) in [6, 6.07) is 0. The molecule has 0 aliphatic carbocycles. The molecular formula is C24H54NO4S+. The molecule has 0 spiro atoms. The van der Waals surface area contributed by atoms with Gasteiger partial charge in [-0.15, -0.1) is 0 Å². The van der Waals surface area contributed by atoms with Crippen molar-refractivity contribution >= 4 is 10.4 Å². The highest BCUT2D eigenvalue weighted by atomic mass is 32.3. The van der Waals surface area contributed by atoms with Crippen LogP contribution in [0.25, 0.3) is 0 Å². The lowest BCUT2D eigenvalue weighted by molar-refractivity contribution is -0.929. The van der Waals surface area contributed by atoms with Crippen molar-refractivity contribution in [1.29, 1.82) is 0 Å². The topological polar surface area (TPSA) is 63.6 Å². The molecule has 0 aromatic heterocycles. The minimum absolute atomic E-state index is 0.374. The summed E-state index contributed by atoms with van der Waals surface area (Å²) >= 11 is 0. The zero-order valence-corrected chi connectivity index (χ0v) is 21.9. The molecule has 0 aliphatic rings. The van der Waals surface area contributed by atoms with E-state index in [0.29, 0.717) is 12.8 Å². The van der Waals surface area contributed by atoms with Gasteiger partial charge in [0.1, 0.15) is 0 Å². The molecule has 0 radical (unpaired) electrons. The second kappa shape index (κ2) is 20.7. The van der Waals surface area contributed by atoms with Crippen LogP contribution in [0.3, 0.4) is 0 Å². The summed E-state index contributed by atoms with van der Waals surface area (Å²) in [6.45, 7) is 18.9. The standard InChI is InChI=1S/C16H36N.C8H18O4S/c1-5-9-13-17(14-10-6-2,15-11-7-3)16-12-8-4;1-3-5-6-7-8(4-2)12-13(9,10)11/h5-16H2,1-4H3;8H,3-7H2,1-2H3,(H,9,10,11)/q+1;. The Hall–Kier alpha value is -0.170. The number of unbranched alkanes of at least 4 members (excludes halogenated alkanes) is 6. The Bertz CT molecular complexity index is 417. The summed E-state index contributed by atoms with van der Waals surface area (Å²) in [5.74, 6) is 0. The molecule has 0 fully saturated rings. The molecule has 0 heterocycles. The van der Waals surface area contributed by atoms with Gasteiger partial charge >= 0.3 is 10.4 Å². The Kier molecular flexibility index (Phi) is 22.1. The first-order chi connectivity index (χ1) is 14.2. The summed E-state index contributed by atoms with van der Waals surface area (Å²) in [5, 5.41) is 0. The van der Waals surface area contributed by atoms with Crippen molar-refractivity contribution < 1.29 is 21.6 Å². The average molecular weight is 453 g/mol. The van der Waals surface area contributed by atoms with E-state index >= 15 is 0 Å². The molecule has 6 heteroatoms. The molecule has 1 unspecified atom stereocenters. The Morgan fingerprint density at radius 3 is 1.30 bits per heavy atom. The van der Waals surface area contributed by atoms with Crippen LogP contribution in [0.15, 0.2) is 0 Å². The van der Waals surface area contributed by atoms with Crippen LogP contribution in [0.2, 0.25) is 0 Å². The van der Waals surface area contributed by atoms with Gasteiger partial charge in [0.05, 0.1) is 32.3 Å². The number of rotatable bonds is 19. The van der Waals surface area contributed by atoms with Gasteiger partial charge in [0.15, 0.2) is 0 Å². The van der Waals surface area contributed by atoms with Crippen LogP contribution < -0.4 is 0 Å². The van der Waals surface area contributed by atoms with E-state index in [9.17, 15) is 8.42 Å². The molecule has 30 heavy (non-hydrogen) atoms. The molecule has 0 bridgehead atoms. The zero-order valence-electron chi connectivity index (χ0n) is 21.1. The highest BCUT2D eigenvalue weighted by Gasteiger charge is 2.24. The van der Waals surface area contributed by atoms with E-state index in [0.717, 1.165) is 19.3 Å². The zero-order chi connectivity index (χ0) is 23.3. The van der Waals surface area contributed by atoms with Crippen molar-refractivity contribution in [2.45, 2.75) is 131 Å². The number of hydrogen-bond donors (Lipinski definition) is 1. The second-order valence-corrected chi connectivity index (χ2v) is 9.75. The summed E-state index contributed by atoms with van der Waals surface area (Å²) < 4.78 is 35.0. The van der Waals surface area contributed by atoms with Gasteiger partial charge in [-0.25, -0.2) is 4.18 Å². The van der Waals surface area contributed by atoms with E-state index in [-0.39, 0.29) is 6.10 Å². The quantitative estimate of drug-likeness (QED) is 0.128. The van der Waals surface area contributed by atoms with Crippen molar-refractivity contribution in [1.82, 2.24) is 0 Å². The van der Waals surface area contributed by atoms with E-state index in [1.807, 2.05) is 6.92 Å². The first-order valence-corrected chi connectivity index (χ1v) is 14.1. The maximum atomic E-state index is 10.4. The molecule has 1 N–H and O–H groups in total. The van der Waals surface area contributed by atoms with Crippen LogP contribution in [0.5, 0.6) is 0 Å². The monoisotopic (exact) mass is 452 g/mol. The van der Waals surface area contributed by atoms with Crippen LogP contribution in [0.1, 0.15) is 125 Å². The second-order valence-electron chi connectivity index (χ2n) is 8.70. The van der Waals surface area contributed by atoms with E-state index in [4.69, 9.17) is 4.55 Å². The Balaban J connectivity index is 0. The molecule has 1 atom stereocenters. The fraction of sp³-hybridized carbons (Fsp3) is 1.00. The smallest absolute Gasteiger partial charge is 0.324 e. The van der Waals surface area contributed by atoms with Gasteiger partial charge < -0.3 is 4.48 Å². The lowest BCUT2D eigenvalue weighted by Crippen LogP contribution is -2.50. The molecule has 0 aliphatic heterocycles. The number of quaternary nitrogens is 1. The van der Waals surface area contributed by atoms with Crippen molar-refractivity contribution in [2.24, 2.45) is 0 Å². The molecule has 5 nitrogen and oxygen atoms in total. The van der Waals surface area contributed by atoms with Crippen LogP contribution in [-0.2, 0) is 14.6 Å². The normalized spacial score (nSPS) is 13.0. The van der Waals surface area contributed by atoms with Crippen LogP contribution in [0.4, 0.5) is 0 Å². The van der Waals surface area contributed by atoms with Gasteiger partial charge in [0.25, 0.3) is 0 Å². The van der Waals surface area contributed by atoms with E-state index in [1.165, 1.54) is 82.0 Å². The van der Waals surface area contributed by atoms with Gasteiger partial charge in [0, 0.05) is 0 Å². The number of hydrogen-bond acceptors (Lipinski definition) is 3. The van der Waals surface area contributed by atoms with Crippen molar-refractivity contribution in [3.8, 4) is 0 Å². The highest BCUT2D eigenvalue weighted by Crippen LogP contribution is 2.16. The predicted octanol–water partition coefficient (Wildman–Crippen LogP) is 7.17. The first-order valence-electron chi connectivity index (χ1n) is 12.7. The summed E-state index contributed by atoms with van der Waals surface area (Å²) in [4.78, 5) is 0. The fourth-order valence-electron chi connectivity index (χ4n) is 3.76.